The van der Waals surface area contributed by atoms with Crippen LogP contribution in [0.4, 0.5) is 0 Å². The minimum Gasteiger partial charge on any atom is -0.287 e. The van der Waals surface area contributed by atoms with E-state index < -0.39 is 10.0 Å². The van der Waals surface area contributed by atoms with Gasteiger partial charge in [0.1, 0.15) is 5.82 Å². The highest BCUT2D eigenvalue weighted by atomic mass is 32.2. The Balaban J connectivity index is 1.57. The van der Waals surface area contributed by atoms with Crippen LogP contribution in [0.3, 0.4) is 0 Å². The van der Waals surface area contributed by atoms with Gasteiger partial charge in [-0.3, -0.25) is 10.00 Å². The van der Waals surface area contributed by atoms with Gasteiger partial charge in [0.2, 0.25) is 10.0 Å². The van der Waals surface area contributed by atoms with Crippen LogP contribution in [0, 0.1) is 0 Å². The molecule has 0 bridgehead atoms. The lowest BCUT2D eigenvalue weighted by Crippen LogP contribution is -2.36. The lowest BCUT2D eigenvalue weighted by atomic mass is 10.0. The number of aromatic nitrogens is 3. The molecule has 2 aromatic carbocycles. The van der Waals surface area contributed by atoms with Gasteiger partial charge in [-0.2, -0.15) is 5.10 Å². The third kappa shape index (κ3) is 5.39. The predicted molar refractivity (Wildman–Crippen MR) is 122 cm³/mol. The number of rotatable bonds is 7. The van der Waals surface area contributed by atoms with Crippen molar-refractivity contribution in [3.8, 4) is 11.4 Å². The molecule has 2 heterocycles. The molecule has 0 aliphatic carbocycles. The van der Waals surface area contributed by atoms with Crippen molar-refractivity contribution in [1.82, 2.24) is 24.8 Å². The van der Waals surface area contributed by atoms with Crippen LogP contribution in [0.15, 0.2) is 54.6 Å². The van der Waals surface area contributed by atoms with Gasteiger partial charge >= 0.3 is 0 Å². The first kappa shape index (κ1) is 21.7. The van der Waals surface area contributed by atoms with Crippen LogP contribution in [0.2, 0.25) is 0 Å². The largest absolute Gasteiger partial charge is 0.287 e. The Kier molecular flexibility index (Phi) is 6.22. The molecule has 1 aromatic heterocycles. The molecule has 4 rings (SSSR count). The average molecular weight is 440 g/mol. The van der Waals surface area contributed by atoms with Crippen LogP contribution in [0.5, 0.6) is 0 Å². The molecule has 1 aliphatic heterocycles. The minimum atomic E-state index is -3.29. The van der Waals surface area contributed by atoms with Gasteiger partial charge in [-0.05, 0) is 23.5 Å². The highest BCUT2D eigenvalue weighted by Crippen LogP contribution is 2.33. The molecule has 0 amide bonds. The van der Waals surface area contributed by atoms with Crippen molar-refractivity contribution < 1.29 is 8.42 Å². The van der Waals surface area contributed by atoms with E-state index in [0.717, 1.165) is 11.4 Å². The zero-order valence-corrected chi connectivity index (χ0v) is 18.9. The fourth-order valence-electron chi connectivity index (χ4n) is 4.13. The highest BCUT2D eigenvalue weighted by Gasteiger charge is 2.36. The van der Waals surface area contributed by atoms with Gasteiger partial charge < -0.3 is 0 Å². The zero-order valence-electron chi connectivity index (χ0n) is 18.1. The number of H-pyrrole nitrogens is 1. The summed E-state index contributed by atoms with van der Waals surface area (Å²) in [5.41, 5.74) is 3.45. The summed E-state index contributed by atoms with van der Waals surface area (Å²) in [6, 6.07) is 18.3. The van der Waals surface area contributed by atoms with Crippen molar-refractivity contribution in [3.63, 3.8) is 0 Å². The predicted octanol–water partition coefficient (Wildman–Crippen LogP) is 3.46. The number of hydrogen-bond donors (Lipinski definition) is 2. The maximum Gasteiger partial charge on any atom is 0.208 e. The van der Waals surface area contributed by atoms with Gasteiger partial charge in [0.15, 0.2) is 5.82 Å². The smallest absolute Gasteiger partial charge is 0.208 e. The van der Waals surface area contributed by atoms with E-state index in [1.807, 2.05) is 30.3 Å². The fourth-order valence-corrected chi connectivity index (χ4v) is 4.91. The topological polar surface area (TPSA) is 91.0 Å². The number of benzene rings is 2. The Morgan fingerprint density at radius 3 is 2.48 bits per heavy atom. The molecule has 31 heavy (non-hydrogen) atoms. The second kappa shape index (κ2) is 8.90. The lowest BCUT2D eigenvalue weighted by molar-refractivity contribution is 0.239. The van der Waals surface area contributed by atoms with E-state index in [4.69, 9.17) is 4.98 Å². The van der Waals surface area contributed by atoms with Crippen molar-refractivity contribution >= 4 is 10.0 Å². The highest BCUT2D eigenvalue weighted by molar-refractivity contribution is 7.88. The lowest BCUT2D eigenvalue weighted by Gasteiger charge is -2.22. The minimum absolute atomic E-state index is 0.0472. The summed E-state index contributed by atoms with van der Waals surface area (Å²) >= 11 is 0. The van der Waals surface area contributed by atoms with Gasteiger partial charge in [-0.1, -0.05) is 68.4 Å². The number of nitrogens with zero attached hydrogens (tertiary/aromatic N) is 3. The van der Waals surface area contributed by atoms with E-state index in [1.54, 1.807) is 0 Å². The number of sulfonamides is 1. The molecule has 3 aromatic rings. The quantitative estimate of drug-likeness (QED) is 0.588. The van der Waals surface area contributed by atoms with Crippen LogP contribution in [0.1, 0.15) is 49.2 Å². The molecule has 0 radical (unpaired) electrons. The SMILES string of the molecule is CC(C)c1ccc(CN2C[C@@H](NS(C)(=O)=O)C[C@H]2c2nc(-c3ccccc3)n[nH]2)cc1. The second-order valence-electron chi connectivity index (χ2n) is 8.57. The van der Waals surface area contributed by atoms with Crippen molar-refractivity contribution in [3.05, 3.63) is 71.5 Å². The second-order valence-corrected chi connectivity index (χ2v) is 10.4. The summed E-state index contributed by atoms with van der Waals surface area (Å²) < 4.78 is 26.4. The first-order valence-electron chi connectivity index (χ1n) is 10.6. The van der Waals surface area contributed by atoms with E-state index >= 15 is 0 Å². The van der Waals surface area contributed by atoms with Gasteiger partial charge in [0.25, 0.3) is 0 Å². The monoisotopic (exact) mass is 439 g/mol. The summed E-state index contributed by atoms with van der Waals surface area (Å²) in [7, 11) is -3.29. The standard InChI is InChI=1S/C23H29N5O2S/c1-16(2)18-11-9-17(10-12-18)14-28-15-20(27-31(3,29)30)13-21(28)23-24-22(25-26-23)19-7-5-4-6-8-19/h4-12,16,20-21,27H,13-15H2,1-3H3,(H,24,25,26)/t20-,21-/m0/s1. The van der Waals surface area contributed by atoms with Gasteiger partial charge in [0.05, 0.1) is 12.3 Å². The Morgan fingerprint density at radius 1 is 1.13 bits per heavy atom. The molecule has 1 saturated heterocycles. The molecule has 0 unspecified atom stereocenters. The third-order valence-electron chi connectivity index (χ3n) is 5.67. The van der Waals surface area contributed by atoms with E-state index in [9.17, 15) is 8.42 Å². The van der Waals surface area contributed by atoms with Crippen LogP contribution in [0.25, 0.3) is 11.4 Å². The first-order chi connectivity index (χ1) is 14.8. The van der Waals surface area contributed by atoms with Crippen LogP contribution < -0.4 is 4.72 Å². The van der Waals surface area contributed by atoms with E-state index in [0.29, 0.717) is 31.3 Å². The van der Waals surface area contributed by atoms with Gasteiger partial charge in [0, 0.05) is 24.7 Å². The number of aromatic amines is 1. The Labute approximate surface area is 184 Å². The number of hydrogen-bond acceptors (Lipinski definition) is 5. The maximum absolute atomic E-state index is 11.8. The maximum atomic E-state index is 11.8. The summed E-state index contributed by atoms with van der Waals surface area (Å²) in [4.78, 5) is 7.00. The molecule has 7 nitrogen and oxygen atoms in total. The van der Waals surface area contributed by atoms with Crippen LogP contribution >= 0.6 is 0 Å². The molecule has 2 atom stereocenters. The molecule has 1 aliphatic rings. The number of nitrogens with one attached hydrogen (secondary N) is 2. The zero-order chi connectivity index (χ0) is 22.0. The van der Waals surface area contributed by atoms with Crippen molar-refractivity contribution in [2.75, 3.05) is 12.8 Å². The third-order valence-corrected chi connectivity index (χ3v) is 6.43. The molecule has 8 heteroatoms. The van der Waals surface area contributed by atoms with Crippen molar-refractivity contribution in [2.24, 2.45) is 0 Å². The Morgan fingerprint density at radius 2 is 1.84 bits per heavy atom. The molecule has 0 spiro atoms. The first-order valence-corrected chi connectivity index (χ1v) is 12.5. The Bertz CT molecular complexity index is 1110. The molecular formula is C23H29N5O2S. The van der Waals surface area contributed by atoms with Crippen LogP contribution in [-0.4, -0.2) is 47.3 Å². The summed E-state index contributed by atoms with van der Waals surface area (Å²) in [5, 5.41) is 7.49. The summed E-state index contributed by atoms with van der Waals surface area (Å²) in [6.07, 6.45) is 1.85. The normalized spacial score (nSPS) is 19.9. The Hall–Kier alpha value is -2.55. The van der Waals surface area contributed by atoms with E-state index in [2.05, 4.69) is 57.9 Å². The van der Waals surface area contributed by atoms with E-state index in [1.165, 1.54) is 17.4 Å². The number of likely N-dealkylation sites (tertiary alicyclic amines) is 1. The fraction of sp³-hybridized carbons (Fsp3) is 0.391. The summed E-state index contributed by atoms with van der Waals surface area (Å²) in [5.74, 6) is 1.90. The van der Waals surface area contributed by atoms with Gasteiger partial charge in [-0.25, -0.2) is 18.1 Å². The molecule has 1 fully saturated rings. The molecule has 2 N–H and O–H groups in total. The summed E-state index contributed by atoms with van der Waals surface area (Å²) in [6.45, 7) is 5.69. The van der Waals surface area contributed by atoms with Crippen molar-refractivity contribution in [2.45, 2.75) is 44.8 Å². The van der Waals surface area contributed by atoms with E-state index in [-0.39, 0.29) is 12.1 Å². The molecular weight excluding hydrogens is 410 g/mol. The average Bonchev–Trinajstić information content (AvgIpc) is 3.35. The molecule has 164 valence electrons. The van der Waals surface area contributed by atoms with Crippen molar-refractivity contribution in [1.29, 1.82) is 0 Å². The van der Waals surface area contributed by atoms with Crippen LogP contribution in [-0.2, 0) is 16.6 Å². The van der Waals surface area contributed by atoms with Gasteiger partial charge in [-0.15, -0.1) is 0 Å². The molecule has 0 saturated carbocycles.